The molecule has 0 aromatic carbocycles. The Kier molecular flexibility index (Phi) is 7.23. The third-order valence-electron chi connectivity index (χ3n) is 2.14. The number of rotatable bonds is 3. The van der Waals surface area contributed by atoms with Crippen molar-refractivity contribution in [2.75, 3.05) is 19.8 Å². The first-order valence-corrected chi connectivity index (χ1v) is 6.65. The standard InChI is InChI=1S/C11H18N4O3S.Na.H/c1-11(2,3)8-12-9(19-6-7(16)17)15(13-8)10(18)14(4)5;;/h6H2,1-5H3,(H,16,17);;/q;+1;-1. The van der Waals surface area contributed by atoms with Crippen LogP contribution in [0.25, 0.3) is 0 Å². The Morgan fingerprint density at radius 3 is 2.35 bits per heavy atom. The molecule has 0 radical (unpaired) electrons. The summed E-state index contributed by atoms with van der Waals surface area (Å²) in [4.78, 5) is 28.2. The number of aromatic nitrogens is 3. The number of carboxylic acid groups (broad SMARTS) is 1. The smallest absolute Gasteiger partial charge is 1.00 e. The van der Waals surface area contributed by atoms with Crippen molar-refractivity contribution >= 4 is 23.8 Å². The second-order valence-electron chi connectivity index (χ2n) is 5.24. The van der Waals surface area contributed by atoms with Crippen LogP contribution in [0.5, 0.6) is 0 Å². The third kappa shape index (κ3) is 5.08. The minimum Gasteiger partial charge on any atom is -1.00 e. The Morgan fingerprint density at radius 1 is 1.40 bits per heavy atom. The van der Waals surface area contributed by atoms with Crippen LogP contribution >= 0.6 is 11.8 Å². The van der Waals surface area contributed by atoms with Gasteiger partial charge < -0.3 is 11.4 Å². The van der Waals surface area contributed by atoms with Gasteiger partial charge in [0.25, 0.3) is 0 Å². The summed E-state index contributed by atoms with van der Waals surface area (Å²) in [5, 5.41) is 13.2. The monoisotopic (exact) mass is 310 g/mol. The molecule has 0 fully saturated rings. The minimum atomic E-state index is -0.964. The van der Waals surface area contributed by atoms with Gasteiger partial charge in [-0.2, -0.15) is 4.68 Å². The Bertz CT molecular complexity index is 502. The molecule has 0 saturated heterocycles. The van der Waals surface area contributed by atoms with Crippen molar-refractivity contribution in [3.8, 4) is 0 Å². The van der Waals surface area contributed by atoms with E-state index < -0.39 is 5.97 Å². The van der Waals surface area contributed by atoms with Crippen LogP contribution in [-0.2, 0) is 10.2 Å². The van der Waals surface area contributed by atoms with E-state index in [4.69, 9.17) is 5.11 Å². The number of hydrogen-bond acceptors (Lipinski definition) is 5. The average molecular weight is 310 g/mol. The topological polar surface area (TPSA) is 88.3 Å². The van der Waals surface area contributed by atoms with Crippen molar-refractivity contribution in [3.05, 3.63) is 5.82 Å². The molecule has 1 amide bonds. The Hall–Kier alpha value is -0.570. The number of carbonyl (C=O) groups excluding carboxylic acids is 1. The molecule has 20 heavy (non-hydrogen) atoms. The molecule has 7 nitrogen and oxygen atoms in total. The van der Waals surface area contributed by atoms with E-state index in [9.17, 15) is 9.59 Å². The summed E-state index contributed by atoms with van der Waals surface area (Å²) in [6.07, 6.45) is 0. The Morgan fingerprint density at radius 2 is 1.95 bits per heavy atom. The van der Waals surface area contributed by atoms with Gasteiger partial charge in [0, 0.05) is 19.5 Å². The van der Waals surface area contributed by atoms with E-state index in [1.165, 1.54) is 4.90 Å². The third-order valence-corrected chi connectivity index (χ3v) is 3.05. The molecule has 1 heterocycles. The van der Waals surface area contributed by atoms with E-state index in [1.54, 1.807) is 14.1 Å². The van der Waals surface area contributed by atoms with Crippen LogP contribution in [0.2, 0.25) is 0 Å². The maximum Gasteiger partial charge on any atom is 1.00 e. The molecule has 108 valence electrons. The SMILES string of the molecule is CN(C)C(=O)n1nc(C(C)(C)C)nc1SCC(=O)O.[H-].[Na+]. The Balaban J connectivity index is 0. The minimum absolute atomic E-state index is 0. The van der Waals surface area contributed by atoms with Crippen LogP contribution in [0.1, 0.15) is 28.0 Å². The molecule has 0 unspecified atom stereocenters. The molecule has 0 spiro atoms. The number of hydrogen-bond donors (Lipinski definition) is 1. The zero-order valence-corrected chi connectivity index (χ0v) is 15.5. The molecule has 0 aliphatic heterocycles. The van der Waals surface area contributed by atoms with Crippen LogP contribution < -0.4 is 29.6 Å². The van der Waals surface area contributed by atoms with Crippen molar-refractivity contribution in [1.29, 1.82) is 0 Å². The van der Waals surface area contributed by atoms with Crippen LogP contribution in [0.15, 0.2) is 5.16 Å². The van der Waals surface area contributed by atoms with E-state index in [0.29, 0.717) is 11.0 Å². The summed E-state index contributed by atoms with van der Waals surface area (Å²) >= 11 is 0.980. The van der Waals surface area contributed by atoms with Gasteiger partial charge in [-0.3, -0.25) is 4.79 Å². The number of carboxylic acids is 1. The molecule has 1 rings (SSSR count). The van der Waals surface area contributed by atoms with E-state index in [1.807, 2.05) is 20.8 Å². The van der Waals surface area contributed by atoms with Crippen molar-refractivity contribution in [1.82, 2.24) is 19.7 Å². The van der Waals surface area contributed by atoms with Crippen LogP contribution in [0.3, 0.4) is 0 Å². The van der Waals surface area contributed by atoms with E-state index in [-0.39, 0.29) is 48.2 Å². The molecule has 0 aliphatic rings. The van der Waals surface area contributed by atoms with Gasteiger partial charge in [0.05, 0.1) is 5.75 Å². The molecule has 1 aromatic heterocycles. The molecule has 0 bridgehead atoms. The molecule has 0 aliphatic carbocycles. The molecule has 9 heteroatoms. The number of thioether (sulfide) groups is 1. The number of nitrogens with zero attached hydrogens (tertiary/aromatic N) is 4. The van der Waals surface area contributed by atoms with Gasteiger partial charge in [-0.15, -0.1) is 5.10 Å². The second-order valence-corrected chi connectivity index (χ2v) is 6.18. The summed E-state index contributed by atoms with van der Waals surface area (Å²) in [7, 11) is 3.21. The fourth-order valence-corrected chi connectivity index (χ4v) is 1.79. The summed E-state index contributed by atoms with van der Waals surface area (Å²) in [6.45, 7) is 5.79. The van der Waals surface area contributed by atoms with Crippen molar-refractivity contribution in [2.45, 2.75) is 31.3 Å². The normalized spacial score (nSPS) is 10.8. The van der Waals surface area contributed by atoms with Gasteiger partial charge >= 0.3 is 41.6 Å². The zero-order chi connectivity index (χ0) is 14.8. The number of aliphatic carboxylic acids is 1. The largest absolute Gasteiger partial charge is 1.00 e. The molecule has 1 N–H and O–H groups in total. The molecular formula is C11H19N4NaO3S. The van der Waals surface area contributed by atoms with Gasteiger partial charge in [-0.25, -0.2) is 9.78 Å². The molecule has 0 saturated carbocycles. The van der Waals surface area contributed by atoms with Gasteiger partial charge in [0.15, 0.2) is 11.0 Å². The predicted molar refractivity (Wildman–Crippen MR) is 72.7 cm³/mol. The van der Waals surface area contributed by atoms with Crippen molar-refractivity contribution < 1.29 is 45.7 Å². The summed E-state index contributed by atoms with van der Waals surface area (Å²) in [5.74, 6) is -0.618. The fourth-order valence-electron chi connectivity index (χ4n) is 1.15. The van der Waals surface area contributed by atoms with Gasteiger partial charge in [0.2, 0.25) is 0 Å². The summed E-state index contributed by atoms with van der Waals surface area (Å²) in [5.41, 5.74) is -0.309. The average Bonchev–Trinajstić information content (AvgIpc) is 2.68. The number of carbonyl (C=O) groups is 2. The fraction of sp³-hybridized carbons (Fsp3) is 0.636. The first-order chi connectivity index (χ1) is 8.62. The molecular weight excluding hydrogens is 291 g/mol. The summed E-state index contributed by atoms with van der Waals surface area (Å²) in [6, 6.07) is -0.351. The zero-order valence-electron chi connectivity index (χ0n) is 13.7. The van der Waals surface area contributed by atoms with E-state index in [2.05, 4.69) is 10.1 Å². The quantitative estimate of drug-likeness (QED) is 0.534. The van der Waals surface area contributed by atoms with Crippen LogP contribution in [0.4, 0.5) is 4.79 Å². The first-order valence-electron chi connectivity index (χ1n) is 5.66. The van der Waals surface area contributed by atoms with Crippen LogP contribution in [-0.4, -0.2) is 56.6 Å². The van der Waals surface area contributed by atoms with Crippen LogP contribution in [0, 0.1) is 0 Å². The maximum absolute atomic E-state index is 12.0. The van der Waals surface area contributed by atoms with Crippen molar-refractivity contribution in [2.24, 2.45) is 0 Å². The van der Waals surface area contributed by atoms with Gasteiger partial charge in [-0.1, -0.05) is 32.5 Å². The second kappa shape index (κ2) is 7.44. The predicted octanol–water partition coefficient (Wildman–Crippen LogP) is -1.60. The van der Waals surface area contributed by atoms with Crippen molar-refractivity contribution in [3.63, 3.8) is 0 Å². The number of amides is 1. The maximum atomic E-state index is 12.0. The van der Waals surface area contributed by atoms with E-state index in [0.717, 1.165) is 16.4 Å². The Labute approximate surface area is 145 Å². The molecule has 0 atom stereocenters. The van der Waals surface area contributed by atoms with E-state index >= 15 is 0 Å². The summed E-state index contributed by atoms with van der Waals surface area (Å²) < 4.78 is 1.15. The van der Waals surface area contributed by atoms with Gasteiger partial charge in [-0.05, 0) is 0 Å². The first kappa shape index (κ1) is 19.4. The molecule has 1 aromatic rings. The van der Waals surface area contributed by atoms with Gasteiger partial charge in [0.1, 0.15) is 0 Å².